The first-order valence-corrected chi connectivity index (χ1v) is 10.7. The van der Waals surface area contributed by atoms with Crippen molar-refractivity contribution in [1.29, 1.82) is 5.26 Å². The number of nitriles is 1. The van der Waals surface area contributed by atoms with E-state index in [1.54, 1.807) is 48.6 Å². The normalized spacial score (nSPS) is 14.2. The highest BCUT2D eigenvalue weighted by molar-refractivity contribution is 5.99. The molecule has 0 saturated heterocycles. The van der Waals surface area contributed by atoms with Gasteiger partial charge in [-0.2, -0.15) is 5.26 Å². The lowest BCUT2D eigenvalue weighted by molar-refractivity contribution is -0.123. The van der Waals surface area contributed by atoms with Crippen molar-refractivity contribution in [3.05, 3.63) is 85.0 Å². The van der Waals surface area contributed by atoms with Crippen molar-refractivity contribution in [2.75, 3.05) is 13.2 Å². The van der Waals surface area contributed by atoms with E-state index in [-0.39, 0.29) is 13.0 Å². The Labute approximate surface area is 193 Å². The van der Waals surface area contributed by atoms with Crippen molar-refractivity contribution in [3.8, 4) is 17.6 Å². The summed E-state index contributed by atoms with van der Waals surface area (Å²) in [6.45, 7) is 7.88. The Balaban J connectivity index is 1.78. The zero-order valence-electron chi connectivity index (χ0n) is 18.4. The lowest BCUT2D eigenvalue weighted by atomic mass is 10.0. The Morgan fingerprint density at radius 3 is 2.36 bits per heavy atom. The monoisotopic (exact) mass is 445 g/mol. The topological polar surface area (TPSA) is 100 Å². The molecule has 1 aliphatic carbocycles. The molecule has 1 atom stereocenters. The van der Waals surface area contributed by atoms with E-state index in [9.17, 15) is 14.9 Å². The van der Waals surface area contributed by atoms with Crippen molar-refractivity contribution >= 4 is 11.8 Å². The zero-order valence-corrected chi connectivity index (χ0v) is 18.4. The van der Waals surface area contributed by atoms with Crippen LogP contribution in [0.1, 0.15) is 28.8 Å². The number of nitrogens with zero attached hydrogens (tertiary/aromatic N) is 1. The van der Waals surface area contributed by atoms with Crippen molar-refractivity contribution in [3.63, 3.8) is 0 Å². The number of para-hydroxylation sites is 1. The first-order valence-electron chi connectivity index (χ1n) is 10.7. The van der Waals surface area contributed by atoms with Crippen LogP contribution in [0.2, 0.25) is 0 Å². The van der Waals surface area contributed by atoms with E-state index in [4.69, 9.17) is 9.47 Å². The van der Waals surface area contributed by atoms with Gasteiger partial charge in [0.2, 0.25) is 5.91 Å². The summed E-state index contributed by atoms with van der Waals surface area (Å²) >= 11 is 0. The molecule has 2 aromatic carbocycles. The smallest absolute Gasteiger partial charge is 0.255 e. The second-order valence-corrected chi connectivity index (χ2v) is 7.75. The average Bonchev–Trinajstić information content (AvgIpc) is 3.61. The minimum Gasteiger partial charge on any atom is -0.490 e. The second-order valence-electron chi connectivity index (χ2n) is 7.75. The van der Waals surface area contributed by atoms with E-state index in [2.05, 4.69) is 29.9 Å². The predicted octanol–water partition coefficient (Wildman–Crippen LogP) is 3.33. The lowest BCUT2D eigenvalue weighted by Crippen LogP contribution is -2.51. The fourth-order valence-electron chi connectivity index (χ4n) is 3.20. The Morgan fingerprint density at radius 2 is 1.73 bits per heavy atom. The minimum absolute atomic E-state index is 0.247. The van der Waals surface area contributed by atoms with Gasteiger partial charge in [-0.05, 0) is 42.7 Å². The standard InChI is InChI=1S/C26H27N3O4/c1-3-15-32-20-11-9-19(10-12-20)17-22(25(31)29-26(18-27)13-14-26)28-24(30)21-7-5-6-8-23(21)33-16-4-2/h3-12,22H,1-2,13-17H2,(H,28,30)(H,29,31)/t22-/m0/s1. The molecule has 0 radical (unpaired) electrons. The van der Waals surface area contributed by atoms with Gasteiger partial charge in [0.15, 0.2) is 0 Å². The van der Waals surface area contributed by atoms with E-state index in [1.807, 2.05) is 12.1 Å². The van der Waals surface area contributed by atoms with Crippen molar-refractivity contribution < 1.29 is 19.1 Å². The van der Waals surface area contributed by atoms with Gasteiger partial charge in [-0.25, -0.2) is 0 Å². The van der Waals surface area contributed by atoms with Crippen LogP contribution in [0.15, 0.2) is 73.8 Å². The molecule has 7 heteroatoms. The van der Waals surface area contributed by atoms with Crippen LogP contribution in [0.3, 0.4) is 0 Å². The van der Waals surface area contributed by atoms with Crippen LogP contribution in [0, 0.1) is 11.3 Å². The van der Waals surface area contributed by atoms with E-state index < -0.39 is 23.4 Å². The lowest BCUT2D eigenvalue weighted by Gasteiger charge is -2.21. The van der Waals surface area contributed by atoms with Gasteiger partial charge >= 0.3 is 0 Å². The summed E-state index contributed by atoms with van der Waals surface area (Å²) in [4.78, 5) is 26.1. The minimum atomic E-state index is -0.879. The van der Waals surface area contributed by atoms with Gasteiger partial charge in [0.05, 0.1) is 11.6 Å². The summed E-state index contributed by atoms with van der Waals surface area (Å²) in [7, 11) is 0. The van der Waals surface area contributed by atoms with Crippen LogP contribution < -0.4 is 20.1 Å². The third-order valence-corrected chi connectivity index (χ3v) is 5.17. The van der Waals surface area contributed by atoms with Gasteiger partial charge in [0, 0.05) is 6.42 Å². The number of rotatable bonds is 12. The molecule has 2 amide bonds. The molecular weight excluding hydrogens is 418 g/mol. The zero-order chi connectivity index (χ0) is 23.7. The molecule has 0 unspecified atom stereocenters. The molecule has 1 aliphatic rings. The van der Waals surface area contributed by atoms with Crippen LogP contribution in [0.4, 0.5) is 0 Å². The summed E-state index contributed by atoms with van der Waals surface area (Å²) in [5.41, 5.74) is 0.305. The Morgan fingerprint density at radius 1 is 1.06 bits per heavy atom. The number of nitrogens with one attached hydrogen (secondary N) is 2. The van der Waals surface area contributed by atoms with Crippen LogP contribution in [-0.4, -0.2) is 36.6 Å². The quantitative estimate of drug-likeness (QED) is 0.488. The number of carbonyl (C=O) groups is 2. The second kappa shape index (κ2) is 11.0. The maximum Gasteiger partial charge on any atom is 0.255 e. The molecule has 7 nitrogen and oxygen atoms in total. The molecule has 0 aliphatic heterocycles. The van der Waals surface area contributed by atoms with Crippen LogP contribution in [0.5, 0.6) is 11.5 Å². The average molecular weight is 446 g/mol. The molecular formula is C26H27N3O4. The molecule has 0 aromatic heterocycles. The maximum absolute atomic E-state index is 13.1. The van der Waals surface area contributed by atoms with Gasteiger partial charge in [-0.3, -0.25) is 9.59 Å². The summed E-state index contributed by atoms with van der Waals surface area (Å²) < 4.78 is 11.1. The fourth-order valence-corrected chi connectivity index (χ4v) is 3.20. The van der Waals surface area contributed by atoms with Gasteiger partial charge in [-0.1, -0.05) is 49.6 Å². The van der Waals surface area contributed by atoms with Gasteiger partial charge < -0.3 is 20.1 Å². The van der Waals surface area contributed by atoms with Gasteiger partial charge in [-0.15, -0.1) is 0 Å². The first-order chi connectivity index (χ1) is 16.0. The summed E-state index contributed by atoms with van der Waals surface area (Å²) in [6, 6.07) is 15.3. The third kappa shape index (κ3) is 6.47. The summed E-state index contributed by atoms with van der Waals surface area (Å²) in [5, 5.41) is 15.0. The predicted molar refractivity (Wildman–Crippen MR) is 125 cm³/mol. The molecule has 1 fully saturated rings. The first kappa shape index (κ1) is 23.6. The molecule has 3 rings (SSSR count). The third-order valence-electron chi connectivity index (χ3n) is 5.17. The molecule has 1 saturated carbocycles. The number of benzene rings is 2. The SMILES string of the molecule is C=CCOc1ccc(C[C@H](NC(=O)c2ccccc2OCC=C)C(=O)NC2(C#N)CC2)cc1. The van der Waals surface area contributed by atoms with E-state index in [0.717, 1.165) is 5.56 Å². The largest absolute Gasteiger partial charge is 0.490 e. The molecule has 0 bridgehead atoms. The Kier molecular flexibility index (Phi) is 7.87. The number of ether oxygens (including phenoxy) is 2. The van der Waals surface area contributed by atoms with Crippen LogP contribution in [0.25, 0.3) is 0 Å². The van der Waals surface area contributed by atoms with Gasteiger partial charge in [0.25, 0.3) is 5.91 Å². The Bertz CT molecular complexity index is 1050. The van der Waals surface area contributed by atoms with Crippen molar-refractivity contribution in [1.82, 2.24) is 10.6 Å². The number of hydrogen-bond donors (Lipinski definition) is 2. The molecule has 33 heavy (non-hydrogen) atoms. The number of carbonyl (C=O) groups excluding carboxylic acids is 2. The Hall–Kier alpha value is -4.05. The molecule has 2 aromatic rings. The van der Waals surface area contributed by atoms with Crippen LogP contribution >= 0.6 is 0 Å². The molecule has 0 spiro atoms. The highest BCUT2D eigenvalue weighted by Gasteiger charge is 2.45. The molecule has 170 valence electrons. The van der Waals surface area contributed by atoms with Crippen LogP contribution in [-0.2, 0) is 11.2 Å². The summed E-state index contributed by atoms with van der Waals surface area (Å²) in [5.74, 6) is 0.230. The van der Waals surface area contributed by atoms with E-state index >= 15 is 0 Å². The van der Waals surface area contributed by atoms with E-state index in [1.165, 1.54) is 0 Å². The molecule has 2 N–H and O–H groups in total. The van der Waals surface area contributed by atoms with Crippen molar-refractivity contribution in [2.45, 2.75) is 30.8 Å². The summed E-state index contributed by atoms with van der Waals surface area (Å²) in [6.07, 6.45) is 4.69. The highest BCUT2D eigenvalue weighted by Crippen LogP contribution is 2.34. The maximum atomic E-state index is 13.1. The molecule has 0 heterocycles. The fraction of sp³-hybridized carbons (Fsp3) is 0.269. The number of hydrogen-bond acceptors (Lipinski definition) is 5. The highest BCUT2D eigenvalue weighted by atomic mass is 16.5. The van der Waals surface area contributed by atoms with Gasteiger partial charge in [0.1, 0.15) is 36.3 Å². The van der Waals surface area contributed by atoms with Crippen molar-refractivity contribution in [2.24, 2.45) is 0 Å². The number of amides is 2. The van der Waals surface area contributed by atoms with E-state index in [0.29, 0.717) is 36.5 Å².